The molecular formula is C18H20N6O2. The maximum absolute atomic E-state index is 12.7. The van der Waals surface area contributed by atoms with Gasteiger partial charge in [-0.25, -0.2) is 5.01 Å². The van der Waals surface area contributed by atoms with Crippen LogP contribution in [0.4, 0.5) is 11.4 Å². The highest BCUT2D eigenvalue weighted by Gasteiger charge is 2.33. The van der Waals surface area contributed by atoms with E-state index in [-0.39, 0.29) is 18.1 Å². The fourth-order valence-corrected chi connectivity index (χ4v) is 3.37. The van der Waals surface area contributed by atoms with Crippen LogP contribution in [0.1, 0.15) is 21.7 Å². The molecule has 1 aromatic heterocycles. The fourth-order valence-electron chi connectivity index (χ4n) is 3.37. The van der Waals surface area contributed by atoms with Gasteiger partial charge in [-0.3, -0.25) is 15.3 Å². The molecule has 8 heteroatoms. The van der Waals surface area contributed by atoms with E-state index in [4.69, 9.17) is 11.7 Å². The molecule has 0 saturated carbocycles. The molecule has 134 valence electrons. The number of nitrogens with one attached hydrogen (secondary N) is 2. The average molecular weight is 352 g/mol. The number of carbonyl (C=O) groups excluding carboxylic acids is 1. The van der Waals surface area contributed by atoms with Crippen LogP contribution in [0.15, 0.2) is 48.4 Å². The molecule has 1 aromatic carbocycles. The standard InChI is InChI=1S/C18H20N6O2/c19-23-9-13-16(15(26)10-23)17(22-11-4-2-1-3-5-11)18(24(13)20)12-6-7-21-8-14(12)25/h1-6,8,21-22,25H,7,9-10,19-20H2. The maximum atomic E-state index is 12.7. The molecule has 2 aliphatic rings. The lowest BCUT2D eigenvalue weighted by atomic mass is 10.0. The van der Waals surface area contributed by atoms with Gasteiger partial charge in [-0.15, -0.1) is 0 Å². The van der Waals surface area contributed by atoms with Gasteiger partial charge >= 0.3 is 0 Å². The van der Waals surface area contributed by atoms with Gasteiger partial charge in [-0.1, -0.05) is 24.3 Å². The lowest BCUT2D eigenvalue weighted by Gasteiger charge is -2.22. The Hall–Kier alpha value is -3.23. The zero-order chi connectivity index (χ0) is 18.3. The summed E-state index contributed by atoms with van der Waals surface area (Å²) in [6.45, 7) is 1.01. The Kier molecular flexibility index (Phi) is 3.90. The number of hydrogen-bond acceptors (Lipinski definition) is 7. The molecule has 2 aliphatic heterocycles. The topological polar surface area (TPSA) is 122 Å². The Bertz CT molecular complexity index is 929. The highest BCUT2D eigenvalue weighted by molar-refractivity contribution is 6.08. The summed E-state index contributed by atoms with van der Waals surface area (Å²) in [6.07, 6.45) is 3.35. The van der Waals surface area contributed by atoms with Crippen LogP contribution in [-0.4, -0.2) is 33.7 Å². The second-order valence-electron chi connectivity index (χ2n) is 6.29. The van der Waals surface area contributed by atoms with E-state index < -0.39 is 0 Å². The second kappa shape index (κ2) is 6.25. The Morgan fingerprint density at radius 2 is 1.92 bits per heavy atom. The van der Waals surface area contributed by atoms with Crippen molar-refractivity contribution in [2.24, 2.45) is 5.84 Å². The van der Waals surface area contributed by atoms with E-state index in [9.17, 15) is 9.90 Å². The van der Waals surface area contributed by atoms with Crippen LogP contribution >= 0.6 is 0 Å². The SMILES string of the molecule is NN1CC(=O)c2c(Nc3ccccc3)c(C3=CCNC=C3O)n(N)c2C1. The molecule has 3 heterocycles. The number of anilines is 2. The number of rotatable bonds is 3. The number of dihydropyridines is 1. The Labute approximate surface area is 150 Å². The third-order valence-electron chi connectivity index (χ3n) is 4.52. The van der Waals surface area contributed by atoms with Crippen molar-refractivity contribution >= 4 is 22.7 Å². The van der Waals surface area contributed by atoms with Crippen LogP contribution in [-0.2, 0) is 6.54 Å². The molecule has 0 unspecified atom stereocenters. The van der Waals surface area contributed by atoms with Crippen molar-refractivity contribution in [3.05, 3.63) is 65.3 Å². The summed E-state index contributed by atoms with van der Waals surface area (Å²) in [7, 11) is 0. The van der Waals surface area contributed by atoms with Crippen molar-refractivity contribution < 1.29 is 9.90 Å². The number of fused-ring (bicyclic) bond motifs is 1. The number of aliphatic hydroxyl groups is 1. The number of ketones is 1. The zero-order valence-corrected chi connectivity index (χ0v) is 14.1. The van der Waals surface area contributed by atoms with Crippen LogP contribution in [0.2, 0.25) is 0 Å². The number of nitrogens with two attached hydrogens (primary N) is 2. The zero-order valence-electron chi connectivity index (χ0n) is 14.1. The highest BCUT2D eigenvalue weighted by atomic mass is 16.3. The molecule has 4 rings (SSSR count). The van der Waals surface area contributed by atoms with Gasteiger partial charge in [0.2, 0.25) is 0 Å². The quantitative estimate of drug-likeness (QED) is 0.526. The van der Waals surface area contributed by atoms with Crippen molar-refractivity contribution in [2.75, 3.05) is 24.2 Å². The number of para-hydroxylation sites is 1. The number of nitrogens with zero attached hydrogens (tertiary/aromatic N) is 2. The molecule has 0 bridgehead atoms. The predicted octanol–water partition coefficient (Wildman–Crippen LogP) is 1.20. The van der Waals surface area contributed by atoms with Crippen LogP contribution in [0.5, 0.6) is 0 Å². The molecule has 0 atom stereocenters. The molecule has 2 aromatic rings. The molecule has 8 nitrogen and oxygen atoms in total. The highest BCUT2D eigenvalue weighted by Crippen LogP contribution is 2.38. The lowest BCUT2D eigenvalue weighted by molar-refractivity contribution is 0.0900. The van der Waals surface area contributed by atoms with Gasteiger partial charge < -0.3 is 21.6 Å². The molecule has 0 radical (unpaired) electrons. The van der Waals surface area contributed by atoms with Gasteiger partial charge in [-0.05, 0) is 12.1 Å². The summed E-state index contributed by atoms with van der Waals surface area (Å²) in [6, 6.07) is 9.52. The van der Waals surface area contributed by atoms with Crippen molar-refractivity contribution in [3.8, 4) is 0 Å². The number of allylic oxidation sites excluding steroid dienone is 1. The maximum Gasteiger partial charge on any atom is 0.182 e. The summed E-state index contributed by atoms with van der Waals surface area (Å²) < 4.78 is 1.44. The van der Waals surface area contributed by atoms with E-state index in [2.05, 4.69) is 10.6 Å². The Balaban J connectivity index is 1.92. The van der Waals surface area contributed by atoms with E-state index in [0.29, 0.717) is 41.3 Å². The summed E-state index contributed by atoms with van der Waals surface area (Å²) in [4.78, 5) is 12.7. The molecule has 0 fully saturated rings. The average Bonchev–Trinajstić information content (AvgIpc) is 2.89. The van der Waals surface area contributed by atoms with E-state index in [1.807, 2.05) is 36.4 Å². The van der Waals surface area contributed by atoms with E-state index >= 15 is 0 Å². The van der Waals surface area contributed by atoms with Crippen LogP contribution in [0, 0.1) is 0 Å². The first-order chi connectivity index (χ1) is 12.6. The van der Waals surface area contributed by atoms with Crippen LogP contribution in [0.3, 0.4) is 0 Å². The van der Waals surface area contributed by atoms with Gasteiger partial charge in [0, 0.05) is 24.0 Å². The third-order valence-corrected chi connectivity index (χ3v) is 4.52. The monoisotopic (exact) mass is 352 g/mol. The predicted molar refractivity (Wildman–Crippen MR) is 99.9 cm³/mol. The van der Waals surface area contributed by atoms with Crippen LogP contribution in [0.25, 0.3) is 5.57 Å². The number of hydrazine groups is 1. The number of nitrogen functional groups attached to an aromatic ring is 1. The minimum Gasteiger partial charge on any atom is -0.506 e. The van der Waals surface area contributed by atoms with Crippen molar-refractivity contribution in [1.29, 1.82) is 0 Å². The van der Waals surface area contributed by atoms with Crippen molar-refractivity contribution in [1.82, 2.24) is 15.0 Å². The summed E-state index contributed by atoms with van der Waals surface area (Å²) in [5.74, 6) is 12.1. The number of aliphatic hydroxyl groups excluding tert-OH is 1. The summed E-state index contributed by atoms with van der Waals surface area (Å²) in [5, 5.41) is 18.0. The lowest BCUT2D eigenvalue weighted by Crippen LogP contribution is -2.41. The minimum absolute atomic E-state index is 0.0611. The molecule has 0 saturated heterocycles. The van der Waals surface area contributed by atoms with Crippen molar-refractivity contribution in [3.63, 3.8) is 0 Å². The van der Waals surface area contributed by atoms with Gasteiger partial charge in [0.25, 0.3) is 0 Å². The number of aromatic nitrogens is 1. The Morgan fingerprint density at radius 1 is 1.15 bits per heavy atom. The first-order valence-electron chi connectivity index (χ1n) is 8.27. The second-order valence-corrected chi connectivity index (χ2v) is 6.29. The minimum atomic E-state index is -0.115. The number of benzene rings is 1. The van der Waals surface area contributed by atoms with Gasteiger partial charge in [0.05, 0.1) is 35.7 Å². The normalized spacial score (nSPS) is 17.2. The molecular weight excluding hydrogens is 332 g/mol. The van der Waals surface area contributed by atoms with E-state index in [1.54, 1.807) is 0 Å². The van der Waals surface area contributed by atoms with Crippen molar-refractivity contribution in [2.45, 2.75) is 6.54 Å². The molecule has 26 heavy (non-hydrogen) atoms. The van der Waals surface area contributed by atoms with Gasteiger partial charge in [0.15, 0.2) is 5.78 Å². The number of hydrogen-bond donors (Lipinski definition) is 5. The number of carbonyl (C=O) groups is 1. The number of Topliss-reactive ketones (excluding diaryl/α,β-unsaturated/α-hetero) is 1. The third kappa shape index (κ3) is 2.61. The van der Waals surface area contributed by atoms with Crippen LogP contribution < -0.4 is 22.3 Å². The molecule has 0 aliphatic carbocycles. The Morgan fingerprint density at radius 3 is 2.65 bits per heavy atom. The fraction of sp³-hybridized carbons (Fsp3) is 0.167. The van der Waals surface area contributed by atoms with Gasteiger partial charge in [-0.2, -0.15) is 0 Å². The largest absolute Gasteiger partial charge is 0.506 e. The van der Waals surface area contributed by atoms with E-state index in [0.717, 1.165) is 5.69 Å². The summed E-state index contributed by atoms with van der Waals surface area (Å²) in [5.41, 5.74) is 3.65. The smallest absolute Gasteiger partial charge is 0.182 e. The first-order valence-corrected chi connectivity index (χ1v) is 8.27. The van der Waals surface area contributed by atoms with Gasteiger partial charge in [0.1, 0.15) is 5.76 Å². The molecule has 0 amide bonds. The molecule has 7 N–H and O–H groups in total. The molecule has 0 spiro atoms. The first kappa shape index (κ1) is 16.2. The summed E-state index contributed by atoms with van der Waals surface area (Å²) >= 11 is 0. The van der Waals surface area contributed by atoms with E-state index in [1.165, 1.54) is 15.9 Å².